The number of halogens is 3. The van der Waals surface area contributed by atoms with Crippen molar-refractivity contribution in [3.05, 3.63) is 29.8 Å². The van der Waals surface area contributed by atoms with E-state index in [1.807, 2.05) is 13.8 Å². The fourth-order valence-corrected chi connectivity index (χ4v) is 2.40. The number of fused-ring (bicyclic) bond motifs is 1. The number of para-hydroxylation sites is 1. The Bertz CT molecular complexity index is 626. The Balaban J connectivity index is 0.000000847. The Hall–Kier alpha value is -1.74. The van der Waals surface area contributed by atoms with Crippen LogP contribution >= 0.6 is 12.2 Å². The molecule has 0 bridgehead atoms. The molecule has 0 spiro atoms. The lowest BCUT2D eigenvalue weighted by molar-refractivity contribution is -0.177. The molecule has 0 aromatic heterocycles. The van der Waals surface area contributed by atoms with Crippen LogP contribution in [0.2, 0.25) is 0 Å². The van der Waals surface area contributed by atoms with Crippen molar-refractivity contribution in [2.45, 2.75) is 38.4 Å². The molecule has 2 aliphatic rings. The van der Waals surface area contributed by atoms with Gasteiger partial charge in [0.2, 0.25) is 5.54 Å². The summed E-state index contributed by atoms with van der Waals surface area (Å²) >= 11 is 4.91. The van der Waals surface area contributed by atoms with Crippen LogP contribution in [0.25, 0.3) is 0 Å². The van der Waals surface area contributed by atoms with Crippen molar-refractivity contribution in [1.29, 1.82) is 0 Å². The van der Waals surface area contributed by atoms with Gasteiger partial charge in [-0.05, 0) is 31.1 Å². The maximum atomic E-state index is 13.7. The molecule has 118 valence electrons. The van der Waals surface area contributed by atoms with Gasteiger partial charge in [0.1, 0.15) is 0 Å². The molecular formula is C16H17F3N2S. The van der Waals surface area contributed by atoms with Crippen molar-refractivity contribution in [3.8, 4) is 11.8 Å². The normalized spacial score (nSPS) is 22.9. The predicted molar refractivity (Wildman–Crippen MR) is 85.4 cm³/mol. The molecule has 1 aliphatic carbocycles. The molecule has 0 radical (unpaired) electrons. The average Bonchev–Trinajstić information content (AvgIpc) is 3.29. The van der Waals surface area contributed by atoms with E-state index in [-0.39, 0.29) is 16.6 Å². The Labute approximate surface area is 133 Å². The van der Waals surface area contributed by atoms with Crippen LogP contribution < -0.4 is 10.6 Å². The Morgan fingerprint density at radius 1 is 1.23 bits per heavy atom. The van der Waals surface area contributed by atoms with E-state index in [9.17, 15) is 13.2 Å². The average molecular weight is 326 g/mol. The molecule has 6 heteroatoms. The first-order valence-corrected chi connectivity index (χ1v) is 7.61. The second-order valence-corrected chi connectivity index (χ2v) is 5.32. The molecule has 2 nitrogen and oxygen atoms in total. The maximum absolute atomic E-state index is 13.7. The summed E-state index contributed by atoms with van der Waals surface area (Å²) in [6.45, 7) is 4.00. The van der Waals surface area contributed by atoms with E-state index in [0.29, 0.717) is 5.69 Å². The molecule has 1 fully saturated rings. The Morgan fingerprint density at radius 3 is 2.45 bits per heavy atom. The highest BCUT2D eigenvalue weighted by molar-refractivity contribution is 7.80. The van der Waals surface area contributed by atoms with Gasteiger partial charge in [0.05, 0.1) is 0 Å². The van der Waals surface area contributed by atoms with Crippen LogP contribution in [0.5, 0.6) is 0 Å². The Morgan fingerprint density at radius 2 is 1.86 bits per heavy atom. The zero-order valence-electron chi connectivity index (χ0n) is 12.3. The third-order valence-corrected chi connectivity index (χ3v) is 3.55. The summed E-state index contributed by atoms with van der Waals surface area (Å²) in [5, 5.41) is 5.01. The van der Waals surface area contributed by atoms with E-state index in [4.69, 9.17) is 12.2 Å². The fourth-order valence-electron chi connectivity index (χ4n) is 2.14. The van der Waals surface area contributed by atoms with Crippen molar-refractivity contribution in [3.63, 3.8) is 0 Å². The lowest BCUT2D eigenvalue weighted by atomic mass is 9.86. The number of anilines is 1. The summed E-state index contributed by atoms with van der Waals surface area (Å²) < 4.78 is 41.0. The molecule has 1 atom stereocenters. The quantitative estimate of drug-likeness (QED) is 0.552. The third kappa shape index (κ3) is 3.05. The summed E-state index contributed by atoms with van der Waals surface area (Å²) in [7, 11) is 0. The van der Waals surface area contributed by atoms with E-state index in [2.05, 4.69) is 22.5 Å². The van der Waals surface area contributed by atoms with Crippen LogP contribution in [0.1, 0.15) is 32.3 Å². The predicted octanol–water partition coefficient (Wildman–Crippen LogP) is 4.18. The van der Waals surface area contributed by atoms with Gasteiger partial charge in [-0.25, -0.2) is 0 Å². The minimum Gasteiger partial charge on any atom is -0.335 e. The number of nitrogens with one attached hydrogen (secondary N) is 2. The first-order valence-electron chi connectivity index (χ1n) is 7.20. The molecule has 1 unspecified atom stereocenters. The standard InChI is InChI=1S/C14H11F3N2S.C2H6/c15-14(16,17)13(8-7-9-5-6-9)10-3-1-2-4-11(10)18-12(20)19-13;1-2/h1-4,9H,5-6H2,(H2,18,19,20);1-2H3. The summed E-state index contributed by atoms with van der Waals surface area (Å²) in [4.78, 5) is 0. The molecule has 1 heterocycles. The van der Waals surface area contributed by atoms with Crippen molar-refractivity contribution in [2.24, 2.45) is 5.92 Å². The molecule has 1 aliphatic heterocycles. The van der Waals surface area contributed by atoms with Crippen LogP contribution in [-0.2, 0) is 5.54 Å². The van der Waals surface area contributed by atoms with Gasteiger partial charge in [-0.3, -0.25) is 0 Å². The number of hydrogen-bond acceptors (Lipinski definition) is 1. The van der Waals surface area contributed by atoms with E-state index < -0.39 is 11.7 Å². The van der Waals surface area contributed by atoms with Crippen molar-refractivity contribution < 1.29 is 13.2 Å². The molecule has 1 aromatic carbocycles. The first kappa shape index (κ1) is 16.6. The SMILES string of the molecule is CC.FC(F)(F)C1(C#CC2CC2)NC(=S)Nc2ccccc21. The molecule has 0 amide bonds. The zero-order valence-corrected chi connectivity index (χ0v) is 13.2. The second-order valence-electron chi connectivity index (χ2n) is 4.92. The molecule has 22 heavy (non-hydrogen) atoms. The number of benzene rings is 1. The van der Waals surface area contributed by atoms with Gasteiger partial charge < -0.3 is 10.6 Å². The number of rotatable bonds is 0. The van der Waals surface area contributed by atoms with E-state index in [0.717, 1.165) is 12.8 Å². The molecule has 1 saturated carbocycles. The van der Waals surface area contributed by atoms with Gasteiger partial charge in [0.25, 0.3) is 0 Å². The van der Waals surface area contributed by atoms with E-state index >= 15 is 0 Å². The summed E-state index contributed by atoms with van der Waals surface area (Å²) in [6, 6.07) is 6.22. The smallest absolute Gasteiger partial charge is 0.335 e. The number of alkyl halides is 3. The van der Waals surface area contributed by atoms with Gasteiger partial charge in [-0.2, -0.15) is 13.2 Å². The van der Waals surface area contributed by atoms with Crippen LogP contribution in [0.4, 0.5) is 18.9 Å². The molecule has 3 rings (SSSR count). The van der Waals surface area contributed by atoms with E-state index in [1.165, 1.54) is 6.07 Å². The first-order chi connectivity index (χ1) is 10.4. The lowest BCUT2D eigenvalue weighted by Gasteiger charge is -2.38. The van der Waals surface area contributed by atoms with Gasteiger partial charge >= 0.3 is 6.18 Å². The molecular weight excluding hydrogens is 309 g/mol. The number of thiocarbonyl (C=S) groups is 1. The van der Waals surface area contributed by atoms with Crippen LogP contribution in [0, 0.1) is 17.8 Å². The van der Waals surface area contributed by atoms with Gasteiger partial charge in [-0.1, -0.05) is 43.9 Å². The van der Waals surface area contributed by atoms with Gasteiger partial charge in [0.15, 0.2) is 5.11 Å². The molecule has 0 saturated heterocycles. The van der Waals surface area contributed by atoms with Crippen molar-refractivity contribution >= 4 is 23.0 Å². The zero-order chi connectivity index (χ0) is 16.4. The lowest BCUT2D eigenvalue weighted by Crippen LogP contribution is -2.59. The monoisotopic (exact) mass is 326 g/mol. The summed E-state index contributed by atoms with van der Waals surface area (Å²) in [5.74, 6) is 5.20. The van der Waals surface area contributed by atoms with Crippen LogP contribution in [-0.4, -0.2) is 11.3 Å². The highest BCUT2D eigenvalue weighted by atomic mass is 32.1. The molecule has 2 N–H and O–H groups in total. The molecule has 1 aromatic rings. The minimum absolute atomic E-state index is 0.0638. The van der Waals surface area contributed by atoms with E-state index in [1.54, 1.807) is 18.2 Å². The van der Waals surface area contributed by atoms with Crippen molar-refractivity contribution in [2.75, 3.05) is 5.32 Å². The minimum atomic E-state index is -4.56. The third-order valence-electron chi connectivity index (χ3n) is 3.35. The van der Waals surface area contributed by atoms with Crippen molar-refractivity contribution in [1.82, 2.24) is 5.32 Å². The fraction of sp³-hybridized carbons (Fsp3) is 0.438. The van der Waals surface area contributed by atoms with Gasteiger partial charge in [0, 0.05) is 17.2 Å². The van der Waals surface area contributed by atoms with Crippen LogP contribution in [0.15, 0.2) is 24.3 Å². The van der Waals surface area contributed by atoms with Gasteiger partial charge in [-0.15, -0.1) is 0 Å². The number of hydrogen-bond donors (Lipinski definition) is 2. The topological polar surface area (TPSA) is 24.1 Å². The van der Waals surface area contributed by atoms with Crippen LogP contribution in [0.3, 0.4) is 0 Å². The highest BCUT2D eigenvalue weighted by Gasteiger charge is 2.58. The largest absolute Gasteiger partial charge is 0.427 e. The summed E-state index contributed by atoms with van der Waals surface area (Å²) in [6.07, 6.45) is -2.83. The second kappa shape index (κ2) is 6.17. The maximum Gasteiger partial charge on any atom is 0.427 e. The summed E-state index contributed by atoms with van der Waals surface area (Å²) in [5.41, 5.74) is -2.01. The highest BCUT2D eigenvalue weighted by Crippen LogP contribution is 2.44. The Kier molecular flexibility index (Phi) is 4.66.